The molecule has 5 aromatic rings. The van der Waals surface area contributed by atoms with Crippen molar-refractivity contribution >= 4 is 44.2 Å². The molecule has 0 saturated heterocycles. The first-order valence-corrected chi connectivity index (χ1v) is 10.6. The van der Waals surface area contributed by atoms with E-state index in [1.54, 1.807) is 0 Å². The van der Waals surface area contributed by atoms with Crippen LogP contribution in [0.4, 0.5) is 0 Å². The van der Waals surface area contributed by atoms with Crippen LogP contribution in [-0.2, 0) is 12.8 Å². The van der Waals surface area contributed by atoms with Crippen molar-refractivity contribution in [1.82, 2.24) is 0 Å². The summed E-state index contributed by atoms with van der Waals surface area (Å²) in [5.41, 5.74) is 2.90. The van der Waals surface area contributed by atoms with Gasteiger partial charge in [-0.25, -0.2) is 0 Å². The van der Waals surface area contributed by atoms with Crippen molar-refractivity contribution in [3.8, 4) is 0 Å². The van der Waals surface area contributed by atoms with Crippen molar-refractivity contribution in [3.05, 3.63) is 104 Å². The van der Waals surface area contributed by atoms with Gasteiger partial charge in [0.15, 0.2) is 0 Å². The fourth-order valence-electron chi connectivity index (χ4n) is 3.86. The highest BCUT2D eigenvalue weighted by Crippen LogP contribution is 2.36. The Bertz CT molecular complexity index is 1010. The van der Waals surface area contributed by atoms with E-state index in [-0.39, 0.29) is 0 Å². The Morgan fingerprint density at radius 3 is 1.15 bits per heavy atom. The molecule has 0 radical (unpaired) electrons. The van der Waals surface area contributed by atoms with Crippen LogP contribution in [0.5, 0.6) is 0 Å². The second-order valence-corrected chi connectivity index (χ2v) is 8.63. The monoisotopic (exact) mass is 370 g/mol. The molecule has 2 aromatic heterocycles. The highest BCUT2D eigenvalue weighted by atomic mass is 32.1. The van der Waals surface area contributed by atoms with Gasteiger partial charge in [-0.2, -0.15) is 0 Å². The van der Waals surface area contributed by atoms with Crippen LogP contribution in [-0.4, -0.2) is 0 Å². The summed E-state index contributed by atoms with van der Waals surface area (Å²) in [5.74, 6) is 0. The number of benzene rings is 3. The number of thiophene rings is 2. The molecule has 2 heterocycles. The minimum Gasteiger partial charge on any atom is -0.149 e. The Kier molecular flexibility index (Phi) is 4.08. The molecular weight excluding hydrogens is 352 g/mol. The normalized spacial score (nSPS) is 11.4. The molecule has 0 fully saturated rings. The smallest absolute Gasteiger partial charge is 0.00894 e. The maximum Gasteiger partial charge on any atom is 0.00894 e. The molecule has 126 valence electrons. The minimum atomic E-state index is 0.998. The fourth-order valence-corrected chi connectivity index (χ4v) is 5.30. The molecule has 0 aliphatic rings. The maximum atomic E-state index is 2.29. The zero-order valence-corrected chi connectivity index (χ0v) is 15.9. The third kappa shape index (κ3) is 2.76. The van der Waals surface area contributed by atoms with Gasteiger partial charge < -0.3 is 0 Å². The second kappa shape index (κ2) is 6.71. The van der Waals surface area contributed by atoms with Crippen molar-refractivity contribution < 1.29 is 0 Å². The lowest BCUT2D eigenvalue weighted by Crippen LogP contribution is -1.96. The molecule has 0 aliphatic carbocycles. The van der Waals surface area contributed by atoms with Crippen molar-refractivity contribution in [2.24, 2.45) is 0 Å². The molecule has 0 aliphatic heterocycles. The van der Waals surface area contributed by atoms with E-state index in [4.69, 9.17) is 0 Å². The lowest BCUT2D eigenvalue weighted by molar-refractivity contribution is 1.26. The van der Waals surface area contributed by atoms with Gasteiger partial charge in [0.25, 0.3) is 0 Å². The van der Waals surface area contributed by atoms with E-state index in [0.29, 0.717) is 0 Å². The highest BCUT2D eigenvalue weighted by molar-refractivity contribution is 7.10. The Morgan fingerprint density at radius 1 is 0.462 bits per heavy atom. The zero-order chi connectivity index (χ0) is 17.3. The van der Waals surface area contributed by atoms with Crippen LogP contribution in [0.3, 0.4) is 0 Å². The molecule has 0 amide bonds. The van der Waals surface area contributed by atoms with Crippen LogP contribution in [0, 0.1) is 0 Å². The predicted octanol–water partition coefficient (Wildman–Crippen LogP) is 7.30. The van der Waals surface area contributed by atoms with E-state index in [1.807, 2.05) is 22.7 Å². The summed E-state index contributed by atoms with van der Waals surface area (Å²) < 4.78 is 0. The summed E-state index contributed by atoms with van der Waals surface area (Å²) in [6.45, 7) is 0. The van der Waals surface area contributed by atoms with Crippen molar-refractivity contribution in [2.75, 3.05) is 0 Å². The average Bonchev–Trinajstić information content (AvgIpc) is 3.38. The van der Waals surface area contributed by atoms with Crippen molar-refractivity contribution in [2.45, 2.75) is 12.8 Å². The van der Waals surface area contributed by atoms with E-state index in [9.17, 15) is 0 Å². The molecule has 0 spiro atoms. The first-order chi connectivity index (χ1) is 12.9. The molecule has 3 aromatic carbocycles. The SMILES string of the molecule is c1csc(Cc2c3ccccc3c(Cc3cccs3)c3ccccc23)c1. The Balaban J connectivity index is 1.82. The zero-order valence-electron chi connectivity index (χ0n) is 14.3. The molecule has 0 nitrogen and oxygen atoms in total. The Labute approximate surface area is 161 Å². The number of fused-ring (bicyclic) bond motifs is 2. The van der Waals surface area contributed by atoms with Crippen LogP contribution in [0.1, 0.15) is 20.9 Å². The van der Waals surface area contributed by atoms with Gasteiger partial charge in [-0.05, 0) is 55.6 Å². The van der Waals surface area contributed by atoms with Gasteiger partial charge in [0.2, 0.25) is 0 Å². The molecule has 2 heteroatoms. The predicted molar refractivity (Wildman–Crippen MR) is 116 cm³/mol. The topological polar surface area (TPSA) is 0 Å². The highest BCUT2D eigenvalue weighted by Gasteiger charge is 2.14. The standard InChI is InChI=1S/C24H18S2/c1-2-10-20-19(9-1)23(15-17-7-5-13-25-17)21-11-3-4-12-22(21)24(20)16-18-8-6-14-26-18/h1-14H,15-16H2. The van der Waals surface area contributed by atoms with E-state index in [0.717, 1.165) is 12.8 Å². The molecule has 5 rings (SSSR count). The van der Waals surface area contributed by atoms with E-state index >= 15 is 0 Å². The Hall–Kier alpha value is -2.42. The quantitative estimate of drug-likeness (QED) is 0.291. The molecule has 26 heavy (non-hydrogen) atoms. The molecule has 0 atom stereocenters. The average molecular weight is 371 g/mol. The van der Waals surface area contributed by atoms with Gasteiger partial charge in [0, 0.05) is 22.6 Å². The summed E-state index contributed by atoms with van der Waals surface area (Å²) in [5, 5.41) is 9.92. The minimum absolute atomic E-state index is 0.998. The first kappa shape index (κ1) is 15.8. The van der Waals surface area contributed by atoms with Crippen LogP contribution < -0.4 is 0 Å². The summed E-state index contributed by atoms with van der Waals surface area (Å²) in [7, 11) is 0. The lowest BCUT2D eigenvalue weighted by atomic mass is 9.88. The second-order valence-electron chi connectivity index (χ2n) is 6.56. The lowest BCUT2D eigenvalue weighted by Gasteiger charge is -2.16. The van der Waals surface area contributed by atoms with Gasteiger partial charge in [-0.3, -0.25) is 0 Å². The van der Waals surface area contributed by atoms with E-state index in [1.165, 1.54) is 42.4 Å². The van der Waals surface area contributed by atoms with E-state index < -0.39 is 0 Å². The summed E-state index contributed by atoms with van der Waals surface area (Å²) in [4.78, 5) is 2.85. The molecule has 0 N–H and O–H groups in total. The summed E-state index contributed by atoms with van der Waals surface area (Å²) in [6.07, 6.45) is 2.00. The molecule has 0 unspecified atom stereocenters. The van der Waals surface area contributed by atoms with Gasteiger partial charge in [-0.1, -0.05) is 60.7 Å². The number of hydrogen-bond donors (Lipinski definition) is 0. The summed E-state index contributed by atoms with van der Waals surface area (Å²) in [6, 6.07) is 26.6. The third-order valence-electron chi connectivity index (χ3n) is 5.02. The molecule has 0 saturated carbocycles. The van der Waals surface area contributed by atoms with Crippen LogP contribution in [0.25, 0.3) is 21.5 Å². The maximum absolute atomic E-state index is 2.29. The summed E-state index contributed by atoms with van der Waals surface area (Å²) >= 11 is 3.69. The fraction of sp³-hybridized carbons (Fsp3) is 0.0833. The van der Waals surface area contributed by atoms with Gasteiger partial charge >= 0.3 is 0 Å². The van der Waals surface area contributed by atoms with E-state index in [2.05, 4.69) is 83.6 Å². The number of rotatable bonds is 4. The largest absolute Gasteiger partial charge is 0.149 e. The number of hydrogen-bond acceptors (Lipinski definition) is 2. The van der Waals surface area contributed by atoms with Crippen LogP contribution in [0.2, 0.25) is 0 Å². The molecular formula is C24H18S2. The third-order valence-corrected chi connectivity index (χ3v) is 6.77. The first-order valence-electron chi connectivity index (χ1n) is 8.86. The Morgan fingerprint density at radius 2 is 0.846 bits per heavy atom. The van der Waals surface area contributed by atoms with Crippen LogP contribution in [0.15, 0.2) is 83.6 Å². The van der Waals surface area contributed by atoms with Gasteiger partial charge in [0.05, 0.1) is 0 Å². The van der Waals surface area contributed by atoms with Crippen molar-refractivity contribution in [1.29, 1.82) is 0 Å². The van der Waals surface area contributed by atoms with Crippen molar-refractivity contribution in [3.63, 3.8) is 0 Å². The molecule has 0 bridgehead atoms. The van der Waals surface area contributed by atoms with Crippen LogP contribution >= 0.6 is 22.7 Å². The van der Waals surface area contributed by atoms with Gasteiger partial charge in [0.1, 0.15) is 0 Å². The van der Waals surface area contributed by atoms with Gasteiger partial charge in [-0.15, -0.1) is 22.7 Å².